The number of fused-ring (bicyclic) bond motifs is 3. The van der Waals surface area contributed by atoms with E-state index in [-0.39, 0.29) is 12.1 Å². The summed E-state index contributed by atoms with van der Waals surface area (Å²) in [7, 11) is 1.65. The van der Waals surface area contributed by atoms with Crippen molar-refractivity contribution < 1.29 is 14.3 Å². The molecule has 0 aliphatic carbocycles. The largest absolute Gasteiger partial charge is 0.497 e. The van der Waals surface area contributed by atoms with Gasteiger partial charge >= 0.3 is 6.09 Å². The first kappa shape index (κ1) is 16.5. The maximum Gasteiger partial charge on any atom is 0.410 e. The van der Waals surface area contributed by atoms with Crippen molar-refractivity contribution in [2.24, 2.45) is 0 Å². The second-order valence-electron chi connectivity index (χ2n) is 6.38. The SMILES string of the molecule is CCOC(=O)N1CCc2c([nH]c3ccccc23)C1c1ccc(OC)cc1. The van der Waals surface area contributed by atoms with Crippen LogP contribution in [0.15, 0.2) is 48.5 Å². The number of aromatic amines is 1. The minimum atomic E-state index is -0.280. The van der Waals surface area contributed by atoms with Crippen LogP contribution in [0, 0.1) is 0 Å². The predicted octanol–water partition coefficient (Wildman–Crippen LogP) is 4.28. The standard InChI is InChI=1S/C21H22N2O3/c1-3-26-21(24)23-13-12-17-16-6-4-5-7-18(16)22-19(17)20(23)14-8-10-15(25-2)11-9-14/h4-11,20,22H,3,12-13H2,1-2H3. The molecule has 1 N–H and O–H groups in total. The Labute approximate surface area is 152 Å². The average molecular weight is 350 g/mol. The summed E-state index contributed by atoms with van der Waals surface area (Å²) in [6.07, 6.45) is 0.530. The van der Waals surface area contributed by atoms with Gasteiger partial charge in [0.25, 0.3) is 0 Å². The summed E-state index contributed by atoms with van der Waals surface area (Å²) in [6, 6.07) is 16.0. The van der Waals surface area contributed by atoms with Gasteiger partial charge in [-0.3, -0.25) is 4.90 Å². The van der Waals surface area contributed by atoms with E-state index in [1.54, 1.807) is 7.11 Å². The third-order valence-corrected chi connectivity index (χ3v) is 4.97. The molecule has 0 bridgehead atoms. The van der Waals surface area contributed by atoms with Crippen LogP contribution in [0.1, 0.15) is 29.8 Å². The van der Waals surface area contributed by atoms with E-state index < -0.39 is 0 Å². The maximum absolute atomic E-state index is 12.6. The zero-order valence-electron chi connectivity index (χ0n) is 15.0. The lowest BCUT2D eigenvalue weighted by Crippen LogP contribution is -2.40. The van der Waals surface area contributed by atoms with Crippen LogP contribution < -0.4 is 4.74 Å². The smallest absolute Gasteiger partial charge is 0.410 e. The van der Waals surface area contributed by atoms with Gasteiger partial charge in [-0.05, 0) is 42.7 Å². The number of aromatic nitrogens is 1. The Morgan fingerprint density at radius 2 is 1.96 bits per heavy atom. The number of para-hydroxylation sites is 1. The number of carbonyl (C=O) groups excluding carboxylic acids is 1. The molecule has 1 aliphatic heterocycles. The summed E-state index contributed by atoms with van der Waals surface area (Å²) < 4.78 is 10.6. The van der Waals surface area contributed by atoms with Crippen molar-refractivity contribution in [1.29, 1.82) is 0 Å². The quantitative estimate of drug-likeness (QED) is 0.767. The number of benzene rings is 2. The molecule has 134 valence electrons. The number of H-pyrrole nitrogens is 1. The number of nitrogens with zero attached hydrogens (tertiary/aromatic N) is 1. The Hall–Kier alpha value is -2.95. The summed E-state index contributed by atoms with van der Waals surface area (Å²) in [5.74, 6) is 0.795. The third kappa shape index (κ3) is 2.69. The molecule has 2 aromatic carbocycles. The van der Waals surface area contributed by atoms with Crippen molar-refractivity contribution in [3.8, 4) is 5.75 Å². The van der Waals surface area contributed by atoms with Gasteiger partial charge in [-0.15, -0.1) is 0 Å². The molecular weight excluding hydrogens is 328 g/mol. The highest BCUT2D eigenvalue weighted by molar-refractivity contribution is 5.86. The van der Waals surface area contributed by atoms with Crippen LogP contribution in [-0.4, -0.2) is 36.2 Å². The van der Waals surface area contributed by atoms with Gasteiger partial charge in [0.15, 0.2) is 0 Å². The van der Waals surface area contributed by atoms with E-state index in [2.05, 4.69) is 23.2 Å². The molecule has 5 heteroatoms. The summed E-state index contributed by atoms with van der Waals surface area (Å²) in [4.78, 5) is 17.9. The summed E-state index contributed by atoms with van der Waals surface area (Å²) in [5, 5.41) is 1.23. The van der Waals surface area contributed by atoms with Crippen LogP contribution >= 0.6 is 0 Å². The molecule has 0 spiro atoms. The lowest BCUT2D eigenvalue weighted by Gasteiger charge is -2.35. The second-order valence-corrected chi connectivity index (χ2v) is 6.38. The topological polar surface area (TPSA) is 54.6 Å². The van der Waals surface area contributed by atoms with E-state index in [0.29, 0.717) is 13.2 Å². The molecule has 1 aliphatic rings. The Balaban J connectivity index is 1.84. The van der Waals surface area contributed by atoms with Gasteiger partial charge in [0.2, 0.25) is 0 Å². The van der Waals surface area contributed by atoms with E-state index in [1.165, 1.54) is 10.9 Å². The lowest BCUT2D eigenvalue weighted by atomic mass is 9.92. The first-order valence-corrected chi connectivity index (χ1v) is 8.89. The highest BCUT2D eigenvalue weighted by atomic mass is 16.6. The molecule has 26 heavy (non-hydrogen) atoms. The maximum atomic E-state index is 12.6. The minimum Gasteiger partial charge on any atom is -0.497 e. The van der Waals surface area contributed by atoms with Crippen LogP contribution in [0.25, 0.3) is 10.9 Å². The number of nitrogens with one attached hydrogen (secondary N) is 1. The number of amides is 1. The summed E-state index contributed by atoms with van der Waals surface area (Å²) in [6.45, 7) is 2.83. The van der Waals surface area contributed by atoms with Crippen molar-refractivity contribution >= 4 is 17.0 Å². The molecule has 1 unspecified atom stereocenters. The minimum absolute atomic E-state index is 0.198. The number of methoxy groups -OCH3 is 1. The molecule has 1 amide bonds. The third-order valence-electron chi connectivity index (χ3n) is 4.97. The molecule has 0 saturated heterocycles. The average Bonchev–Trinajstić information content (AvgIpc) is 3.06. The normalized spacial score (nSPS) is 16.4. The van der Waals surface area contributed by atoms with Crippen molar-refractivity contribution in [3.63, 3.8) is 0 Å². The molecule has 2 heterocycles. The van der Waals surface area contributed by atoms with Crippen LogP contribution in [-0.2, 0) is 11.2 Å². The fourth-order valence-electron chi connectivity index (χ4n) is 3.78. The first-order chi connectivity index (χ1) is 12.7. The van der Waals surface area contributed by atoms with Crippen molar-refractivity contribution in [3.05, 3.63) is 65.4 Å². The molecule has 4 rings (SSSR count). The number of hydrogen-bond donors (Lipinski definition) is 1. The summed E-state index contributed by atoms with van der Waals surface area (Å²) in [5.41, 5.74) is 4.48. The highest BCUT2D eigenvalue weighted by Crippen LogP contribution is 2.39. The Bertz CT molecular complexity index is 930. The fourth-order valence-corrected chi connectivity index (χ4v) is 3.78. The Morgan fingerprint density at radius 3 is 2.69 bits per heavy atom. The Morgan fingerprint density at radius 1 is 1.19 bits per heavy atom. The molecule has 3 aromatic rings. The number of hydrogen-bond acceptors (Lipinski definition) is 3. The Kier molecular flexibility index (Phi) is 4.29. The number of ether oxygens (including phenoxy) is 2. The molecule has 0 saturated carbocycles. The van der Waals surface area contributed by atoms with Gasteiger partial charge in [-0.1, -0.05) is 30.3 Å². The van der Waals surface area contributed by atoms with Crippen molar-refractivity contribution in [2.45, 2.75) is 19.4 Å². The van der Waals surface area contributed by atoms with Gasteiger partial charge < -0.3 is 14.5 Å². The van der Waals surface area contributed by atoms with E-state index in [9.17, 15) is 4.79 Å². The van der Waals surface area contributed by atoms with Crippen LogP contribution in [0.5, 0.6) is 5.75 Å². The van der Waals surface area contributed by atoms with Crippen molar-refractivity contribution in [1.82, 2.24) is 9.88 Å². The highest BCUT2D eigenvalue weighted by Gasteiger charge is 2.35. The van der Waals surface area contributed by atoms with E-state index >= 15 is 0 Å². The van der Waals surface area contributed by atoms with E-state index in [0.717, 1.165) is 28.9 Å². The zero-order chi connectivity index (χ0) is 18.1. The van der Waals surface area contributed by atoms with Crippen LogP contribution in [0.4, 0.5) is 4.79 Å². The fraction of sp³-hybridized carbons (Fsp3) is 0.286. The van der Waals surface area contributed by atoms with Gasteiger partial charge in [0, 0.05) is 23.1 Å². The van der Waals surface area contributed by atoms with E-state index in [4.69, 9.17) is 9.47 Å². The molecular formula is C21H22N2O3. The van der Waals surface area contributed by atoms with E-state index in [1.807, 2.05) is 42.2 Å². The zero-order valence-corrected chi connectivity index (χ0v) is 15.0. The summed E-state index contributed by atoms with van der Waals surface area (Å²) >= 11 is 0. The van der Waals surface area contributed by atoms with Gasteiger partial charge in [-0.25, -0.2) is 4.79 Å². The first-order valence-electron chi connectivity index (χ1n) is 8.89. The van der Waals surface area contributed by atoms with Gasteiger partial charge in [-0.2, -0.15) is 0 Å². The van der Waals surface area contributed by atoms with Gasteiger partial charge in [0.1, 0.15) is 11.8 Å². The monoisotopic (exact) mass is 350 g/mol. The lowest BCUT2D eigenvalue weighted by molar-refractivity contribution is 0.0932. The van der Waals surface area contributed by atoms with Crippen LogP contribution in [0.2, 0.25) is 0 Å². The second kappa shape index (κ2) is 6.75. The number of rotatable bonds is 3. The van der Waals surface area contributed by atoms with Crippen LogP contribution in [0.3, 0.4) is 0 Å². The van der Waals surface area contributed by atoms with Crippen molar-refractivity contribution in [2.75, 3.05) is 20.3 Å². The predicted molar refractivity (Wildman–Crippen MR) is 101 cm³/mol. The molecule has 5 nitrogen and oxygen atoms in total. The molecule has 0 fully saturated rings. The molecule has 0 radical (unpaired) electrons. The molecule has 1 atom stereocenters. The number of carbonyl (C=O) groups is 1. The molecule has 1 aromatic heterocycles. The van der Waals surface area contributed by atoms with Gasteiger partial charge in [0.05, 0.1) is 13.7 Å².